The minimum atomic E-state index is 0.0737. The Hall–Kier alpha value is -3.28. The normalized spacial score (nSPS) is 17.2. The van der Waals surface area contributed by atoms with E-state index in [-0.39, 0.29) is 11.8 Å². The summed E-state index contributed by atoms with van der Waals surface area (Å²) in [5, 5.41) is 9.64. The van der Waals surface area contributed by atoms with Crippen molar-refractivity contribution in [3.8, 4) is 0 Å². The van der Waals surface area contributed by atoms with E-state index in [0.717, 1.165) is 58.6 Å². The first kappa shape index (κ1) is 17.8. The number of piperidine rings is 1. The first-order valence-corrected chi connectivity index (χ1v) is 10.1. The van der Waals surface area contributed by atoms with Gasteiger partial charge in [-0.1, -0.05) is 17.7 Å². The summed E-state index contributed by atoms with van der Waals surface area (Å²) in [4.78, 5) is 20.1. The van der Waals surface area contributed by atoms with Gasteiger partial charge < -0.3 is 4.90 Å². The number of amides is 1. The molecule has 4 heterocycles. The molecule has 6 heteroatoms. The Balaban J connectivity index is 1.49. The maximum atomic E-state index is 13.5. The predicted molar refractivity (Wildman–Crippen MR) is 112 cm³/mol. The summed E-state index contributed by atoms with van der Waals surface area (Å²) in [5.74, 6) is 1.19. The number of benzene rings is 1. The third kappa shape index (κ3) is 3.14. The summed E-state index contributed by atoms with van der Waals surface area (Å²) in [7, 11) is 0. The minimum absolute atomic E-state index is 0.0737. The van der Waals surface area contributed by atoms with Gasteiger partial charge in [-0.2, -0.15) is 0 Å². The van der Waals surface area contributed by atoms with Crippen LogP contribution >= 0.6 is 0 Å². The van der Waals surface area contributed by atoms with Crippen molar-refractivity contribution < 1.29 is 4.79 Å². The summed E-state index contributed by atoms with van der Waals surface area (Å²) in [6.07, 6.45) is 3.96. The zero-order valence-corrected chi connectivity index (χ0v) is 16.7. The van der Waals surface area contributed by atoms with Crippen molar-refractivity contribution in [2.45, 2.75) is 32.6 Å². The molecule has 146 valence electrons. The van der Waals surface area contributed by atoms with Crippen LogP contribution in [0.25, 0.3) is 16.6 Å². The molecule has 1 aliphatic rings. The fourth-order valence-corrected chi connectivity index (χ4v) is 4.33. The van der Waals surface area contributed by atoms with Crippen molar-refractivity contribution in [2.24, 2.45) is 0 Å². The van der Waals surface area contributed by atoms with Crippen LogP contribution < -0.4 is 0 Å². The molecular formula is C23H23N5O. The van der Waals surface area contributed by atoms with Gasteiger partial charge in [0, 0.05) is 36.3 Å². The number of likely N-dealkylation sites (tertiary alicyclic amines) is 1. The zero-order chi connectivity index (χ0) is 20.0. The van der Waals surface area contributed by atoms with Gasteiger partial charge in [-0.3, -0.25) is 14.2 Å². The smallest absolute Gasteiger partial charge is 0.254 e. The lowest BCUT2D eigenvalue weighted by molar-refractivity contribution is 0.0706. The maximum Gasteiger partial charge on any atom is 0.254 e. The molecule has 0 saturated carbocycles. The molecule has 0 aliphatic carbocycles. The number of fused-ring (bicyclic) bond motifs is 2. The van der Waals surface area contributed by atoms with Crippen LogP contribution in [0, 0.1) is 13.8 Å². The number of rotatable bonds is 2. The van der Waals surface area contributed by atoms with Crippen LogP contribution in [0.1, 0.15) is 46.2 Å². The van der Waals surface area contributed by atoms with Crippen LogP contribution in [0.2, 0.25) is 0 Å². The Labute approximate surface area is 169 Å². The van der Waals surface area contributed by atoms with E-state index in [1.165, 1.54) is 0 Å². The summed E-state index contributed by atoms with van der Waals surface area (Å²) in [6, 6.07) is 13.9. The van der Waals surface area contributed by atoms with Gasteiger partial charge in [0.1, 0.15) is 5.82 Å². The fraction of sp³-hybridized carbons (Fsp3) is 0.304. The largest absolute Gasteiger partial charge is 0.338 e. The van der Waals surface area contributed by atoms with Crippen molar-refractivity contribution in [3.63, 3.8) is 0 Å². The van der Waals surface area contributed by atoms with Gasteiger partial charge in [-0.05, 0) is 57.0 Å². The second-order valence-corrected chi connectivity index (χ2v) is 7.91. The third-order valence-corrected chi connectivity index (χ3v) is 5.74. The van der Waals surface area contributed by atoms with Gasteiger partial charge in [0.2, 0.25) is 0 Å². The highest BCUT2D eigenvalue weighted by molar-refractivity contribution is 6.06. The van der Waals surface area contributed by atoms with Crippen molar-refractivity contribution in [1.29, 1.82) is 0 Å². The lowest BCUT2D eigenvalue weighted by Gasteiger charge is -2.32. The summed E-state index contributed by atoms with van der Waals surface area (Å²) >= 11 is 0. The molecule has 1 saturated heterocycles. The van der Waals surface area contributed by atoms with Gasteiger partial charge in [-0.15, -0.1) is 10.2 Å². The molecule has 3 aromatic heterocycles. The fourth-order valence-electron chi connectivity index (χ4n) is 4.33. The average Bonchev–Trinajstić information content (AvgIpc) is 3.17. The number of pyridine rings is 2. The molecule has 0 unspecified atom stereocenters. The number of aryl methyl sites for hydroxylation is 2. The second-order valence-electron chi connectivity index (χ2n) is 7.91. The van der Waals surface area contributed by atoms with Crippen LogP contribution in [-0.4, -0.2) is 43.5 Å². The van der Waals surface area contributed by atoms with Crippen LogP contribution in [0.5, 0.6) is 0 Å². The van der Waals surface area contributed by atoms with Gasteiger partial charge in [0.05, 0.1) is 11.1 Å². The quantitative estimate of drug-likeness (QED) is 0.525. The lowest BCUT2D eigenvalue weighted by atomic mass is 9.96. The monoisotopic (exact) mass is 385 g/mol. The molecule has 0 radical (unpaired) electrons. The number of aromatic nitrogens is 4. The second kappa shape index (κ2) is 6.95. The van der Waals surface area contributed by atoms with Crippen LogP contribution in [0.3, 0.4) is 0 Å². The molecule has 29 heavy (non-hydrogen) atoms. The molecule has 1 aromatic carbocycles. The molecule has 6 nitrogen and oxygen atoms in total. The van der Waals surface area contributed by atoms with Crippen LogP contribution in [-0.2, 0) is 0 Å². The van der Waals surface area contributed by atoms with Crippen LogP contribution in [0.4, 0.5) is 0 Å². The molecular weight excluding hydrogens is 362 g/mol. The molecule has 1 amide bonds. The Morgan fingerprint density at radius 3 is 2.90 bits per heavy atom. The minimum Gasteiger partial charge on any atom is -0.338 e. The van der Waals surface area contributed by atoms with E-state index in [9.17, 15) is 4.79 Å². The van der Waals surface area contributed by atoms with Gasteiger partial charge >= 0.3 is 0 Å². The zero-order valence-electron chi connectivity index (χ0n) is 16.7. The third-order valence-electron chi connectivity index (χ3n) is 5.74. The number of nitrogens with zero attached hydrogens (tertiary/aromatic N) is 5. The van der Waals surface area contributed by atoms with Gasteiger partial charge in [0.25, 0.3) is 5.91 Å². The Morgan fingerprint density at radius 2 is 2.00 bits per heavy atom. The highest BCUT2D eigenvalue weighted by Gasteiger charge is 2.29. The molecule has 0 N–H and O–H groups in total. The molecule has 1 fully saturated rings. The van der Waals surface area contributed by atoms with Crippen molar-refractivity contribution in [2.75, 3.05) is 13.1 Å². The standard InChI is InChI=1S/C23H23N5O/c1-15-8-9-20-18(12-15)19(13-16(2)24-20)23(29)27-10-5-6-17(14-27)22-26-25-21-7-3-4-11-28(21)22/h3-4,7-9,11-13,17H,5-6,10,14H2,1-2H3/t17-/m1/s1. The first-order chi connectivity index (χ1) is 14.1. The van der Waals surface area contributed by atoms with Crippen LogP contribution in [0.15, 0.2) is 48.7 Å². The van der Waals surface area contributed by atoms with E-state index < -0.39 is 0 Å². The Morgan fingerprint density at radius 1 is 1.10 bits per heavy atom. The van der Waals surface area contributed by atoms with Crippen molar-refractivity contribution in [1.82, 2.24) is 24.5 Å². The van der Waals surface area contributed by atoms with E-state index in [4.69, 9.17) is 0 Å². The highest BCUT2D eigenvalue weighted by Crippen LogP contribution is 2.29. The summed E-state index contributed by atoms with van der Waals surface area (Å²) in [6.45, 7) is 5.41. The van der Waals surface area contributed by atoms with Gasteiger partial charge in [-0.25, -0.2) is 0 Å². The lowest BCUT2D eigenvalue weighted by Crippen LogP contribution is -2.39. The van der Waals surface area contributed by atoms with E-state index >= 15 is 0 Å². The number of hydrogen-bond acceptors (Lipinski definition) is 4. The first-order valence-electron chi connectivity index (χ1n) is 10.1. The summed E-state index contributed by atoms with van der Waals surface area (Å²) in [5.41, 5.74) is 4.45. The van der Waals surface area contributed by atoms with Gasteiger partial charge in [0.15, 0.2) is 5.65 Å². The Bertz CT molecular complexity index is 1230. The Kier molecular flexibility index (Phi) is 4.27. The molecule has 0 spiro atoms. The van der Waals surface area contributed by atoms with Crippen molar-refractivity contribution in [3.05, 3.63) is 71.3 Å². The van der Waals surface area contributed by atoms with E-state index in [1.54, 1.807) is 0 Å². The molecule has 1 atom stereocenters. The predicted octanol–water partition coefficient (Wildman–Crippen LogP) is 3.91. The number of hydrogen-bond donors (Lipinski definition) is 0. The molecule has 4 aromatic rings. The highest BCUT2D eigenvalue weighted by atomic mass is 16.2. The molecule has 0 bridgehead atoms. The topological polar surface area (TPSA) is 63.4 Å². The van der Waals surface area contributed by atoms with E-state index in [2.05, 4.69) is 21.2 Å². The molecule has 1 aliphatic heterocycles. The van der Waals surface area contributed by atoms with E-state index in [0.29, 0.717) is 6.54 Å². The molecule has 5 rings (SSSR count). The number of carbonyl (C=O) groups is 1. The van der Waals surface area contributed by atoms with E-state index in [1.807, 2.05) is 65.7 Å². The van der Waals surface area contributed by atoms with Crippen molar-refractivity contribution >= 4 is 22.5 Å². The maximum absolute atomic E-state index is 13.5. The average molecular weight is 385 g/mol. The SMILES string of the molecule is Cc1ccc2nc(C)cc(C(=O)N3CCC[C@@H](c4nnc5ccccn45)C3)c2c1. The number of carbonyl (C=O) groups excluding carboxylic acids is 1. The summed E-state index contributed by atoms with van der Waals surface area (Å²) < 4.78 is 2.04.